The maximum atomic E-state index is 13.3. The van der Waals surface area contributed by atoms with Crippen LogP contribution in [0, 0.1) is 5.82 Å². The molecule has 11 heteroatoms. The van der Waals surface area contributed by atoms with Gasteiger partial charge in [-0.1, -0.05) is 0 Å². The first-order chi connectivity index (χ1) is 14.0. The summed E-state index contributed by atoms with van der Waals surface area (Å²) in [4.78, 5) is 31.7. The number of ether oxygens (including phenoxy) is 1. The molecule has 1 aromatic carbocycles. The minimum atomic E-state index is -0.613. The van der Waals surface area contributed by atoms with Crippen LogP contribution in [0.1, 0.15) is 0 Å². The Morgan fingerprint density at radius 1 is 1.14 bits per heavy atom. The maximum Gasteiger partial charge on any atom is 0.337 e. The van der Waals surface area contributed by atoms with Gasteiger partial charge in [-0.15, -0.1) is 10.2 Å². The third-order valence-electron chi connectivity index (χ3n) is 4.77. The van der Waals surface area contributed by atoms with E-state index in [-0.39, 0.29) is 17.1 Å². The molecule has 1 aliphatic rings. The molecule has 0 radical (unpaired) electrons. The predicted molar refractivity (Wildman–Crippen MR) is 104 cm³/mol. The second kappa shape index (κ2) is 8.05. The highest BCUT2D eigenvalue weighted by Gasteiger charge is 2.17. The van der Waals surface area contributed by atoms with Crippen LogP contribution in [0.4, 0.5) is 10.3 Å². The lowest BCUT2D eigenvalue weighted by Gasteiger charge is -2.26. The van der Waals surface area contributed by atoms with Crippen molar-refractivity contribution in [3.63, 3.8) is 0 Å². The Bertz CT molecular complexity index is 1140. The molecule has 3 aromatic rings. The SMILES string of the molecule is Cn1c(=O)c2nc(NCCN3CCOCC3)nnc2n(-c2ccc(F)cc2)c1=O. The van der Waals surface area contributed by atoms with Crippen LogP contribution >= 0.6 is 0 Å². The Balaban J connectivity index is 1.66. The van der Waals surface area contributed by atoms with Crippen LogP contribution in [0.3, 0.4) is 0 Å². The van der Waals surface area contributed by atoms with Gasteiger partial charge in [0.15, 0.2) is 11.2 Å². The third-order valence-corrected chi connectivity index (χ3v) is 4.77. The lowest BCUT2D eigenvalue weighted by Crippen LogP contribution is -2.39. The topological polar surface area (TPSA) is 107 Å². The Kier molecular flexibility index (Phi) is 5.32. The number of morpholine rings is 1. The summed E-state index contributed by atoms with van der Waals surface area (Å²) in [6.45, 7) is 4.50. The quantitative estimate of drug-likeness (QED) is 0.624. The number of nitrogens with one attached hydrogen (secondary N) is 1. The molecule has 152 valence electrons. The van der Waals surface area contributed by atoms with E-state index in [4.69, 9.17) is 4.74 Å². The van der Waals surface area contributed by atoms with Crippen molar-refractivity contribution in [1.82, 2.24) is 29.2 Å². The molecule has 0 bridgehead atoms. The van der Waals surface area contributed by atoms with Crippen LogP contribution in [-0.4, -0.2) is 68.6 Å². The van der Waals surface area contributed by atoms with Gasteiger partial charge >= 0.3 is 5.69 Å². The van der Waals surface area contributed by atoms with Crippen LogP contribution in [0.15, 0.2) is 33.9 Å². The molecule has 1 saturated heterocycles. The van der Waals surface area contributed by atoms with E-state index in [9.17, 15) is 14.0 Å². The number of fused-ring (bicyclic) bond motifs is 1. The number of benzene rings is 1. The summed E-state index contributed by atoms with van der Waals surface area (Å²) in [6.07, 6.45) is 0. The summed E-state index contributed by atoms with van der Waals surface area (Å²) in [7, 11) is 1.36. The fourth-order valence-electron chi connectivity index (χ4n) is 3.15. The Morgan fingerprint density at radius 3 is 2.59 bits per heavy atom. The van der Waals surface area contributed by atoms with Crippen LogP contribution in [-0.2, 0) is 11.8 Å². The van der Waals surface area contributed by atoms with E-state index in [1.807, 2.05) is 0 Å². The third kappa shape index (κ3) is 3.87. The van der Waals surface area contributed by atoms with Crippen LogP contribution in [0.5, 0.6) is 0 Å². The summed E-state index contributed by atoms with van der Waals surface area (Å²) in [5.74, 6) is -0.237. The van der Waals surface area contributed by atoms with Crippen LogP contribution in [0.2, 0.25) is 0 Å². The summed E-state index contributed by atoms with van der Waals surface area (Å²) in [5, 5.41) is 11.1. The molecule has 29 heavy (non-hydrogen) atoms. The highest BCUT2D eigenvalue weighted by molar-refractivity contribution is 5.71. The lowest BCUT2D eigenvalue weighted by atomic mass is 10.3. The maximum absolute atomic E-state index is 13.3. The molecule has 1 N–H and O–H groups in total. The molecule has 1 aliphatic heterocycles. The smallest absolute Gasteiger partial charge is 0.337 e. The number of hydrogen-bond acceptors (Lipinski definition) is 8. The Labute approximate surface area is 164 Å². The van der Waals surface area contributed by atoms with Gasteiger partial charge in [0.25, 0.3) is 5.56 Å². The number of aromatic nitrogens is 5. The van der Waals surface area contributed by atoms with Crippen molar-refractivity contribution in [1.29, 1.82) is 0 Å². The van der Waals surface area contributed by atoms with E-state index >= 15 is 0 Å². The molecule has 0 unspecified atom stereocenters. The van der Waals surface area contributed by atoms with Gasteiger partial charge in [-0.05, 0) is 24.3 Å². The largest absolute Gasteiger partial charge is 0.379 e. The van der Waals surface area contributed by atoms with Crippen molar-refractivity contribution >= 4 is 17.1 Å². The van der Waals surface area contributed by atoms with Gasteiger partial charge < -0.3 is 10.1 Å². The Morgan fingerprint density at radius 2 is 1.86 bits per heavy atom. The molecule has 3 heterocycles. The Hall–Kier alpha value is -3.18. The van der Waals surface area contributed by atoms with Gasteiger partial charge in [0.1, 0.15) is 5.82 Å². The van der Waals surface area contributed by atoms with E-state index in [1.165, 1.54) is 35.9 Å². The molecule has 10 nitrogen and oxygen atoms in total. The second-order valence-corrected chi connectivity index (χ2v) is 6.65. The fourth-order valence-corrected chi connectivity index (χ4v) is 3.15. The molecule has 0 amide bonds. The van der Waals surface area contributed by atoms with Crippen molar-refractivity contribution in [2.45, 2.75) is 0 Å². The molecule has 0 saturated carbocycles. The highest BCUT2D eigenvalue weighted by atomic mass is 19.1. The average molecular weight is 401 g/mol. The zero-order valence-electron chi connectivity index (χ0n) is 15.8. The molecule has 1 fully saturated rings. The molecule has 0 spiro atoms. The minimum absolute atomic E-state index is 0.000275. The molecular formula is C18H20FN7O3. The van der Waals surface area contributed by atoms with Crippen molar-refractivity contribution in [2.24, 2.45) is 7.05 Å². The highest BCUT2D eigenvalue weighted by Crippen LogP contribution is 2.12. The lowest BCUT2D eigenvalue weighted by molar-refractivity contribution is 0.0398. The second-order valence-electron chi connectivity index (χ2n) is 6.65. The molecule has 4 rings (SSSR count). The summed E-state index contributed by atoms with van der Waals surface area (Å²) in [6, 6.07) is 5.30. The van der Waals surface area contributed by atoms with Crippen molar-refractivity contribution in [2.75, 3.05) is 44.7 Å². The van der Waals surface area contributed by atoms with Gasteiger partial charge in [-0.2, -0.15) is 0 Å². The zero-order chi connectivity index (χ0) is 20.4. The first-order valence-electron chi connectivity index (χ1n) is 9.21. The van der Waals surface area contributed by atoms with E-state index < -0.39 is 17.1 Å². The zero-order valence-corrected chi connectivity index (χ0v) is 15.8. The number of hydrogen-bond donors (Lipinski definition) is 1. The normalized spacial score (nSPS) is 15.0. The number of halogens is 1. The standard InChI is InChI=1S/C18H20FN7O3/c1-24-16(27)14-15(26(18(24)28)13-4-2-12(19)3-5-13)22-23-17(21-14)20-6-7-25-8-10-29-11-9-25/h2-5H,6-11H2,1H3,(H,20,21,23). The van der Waals surface area contributed by atoms with E-state index in [1.54, 1.807) is 0 Å². The number of nitrogens with zero attached hydrogens (tertiary/aromatic N) is 6. The summed E-state index contributed by atoms with van der Waals surface area (Å²) in [5.41, 5.74) is -0.808. The molecule has 0 atom stereocenters. The van der Waals surface area contributed by atoms with E-state index in [0.29, 0.717) is 25.4 Å². The number of anilines is 1. The summed E-state index contributed by atoms with van der Waals surface area (Å²) < 4.78 is 20.7. The van der Waals surface area contributed by atoms with Gasteiger partial charge in [0.05, 0.1) is 18.9 Å². The predicted octanol–water partition coefficient (Wildman–Crippen LogP) is -0.242. The van der Waals surface area contributed by atoms with Gasteiger partial charge in [0, 0.05) is 33.2 Å². The molecule has 2 aromatic heterocycles. The first-order valence-corrected chi connectivity index (χ1v) is 9.21. The van der Waals surface area contributed by atoms with Gasteiger partial charge in [-0.3, -0.25) is 14.3 Å². The van der Waals surface area contributed by atoms with E-state index in [0.717, 1.165) is 24.2 Å². The minimum Gasteiger partial charge on any atom is -0.379 e. The monoisotopic (exact) mass is 401 g/mol. The van der Waals surface area contributed by atoms with E-state index in [2.05, 4.69) is 25.4 Å². The van der Waals surface area contributed by atoms with Crippen molar-refractivity contribution < 1.29 is 9.13 Å². The molecular weight excluding hydrogens is 381 g/mol. The molecule has 0 aliphatic carbocycles. The van der Waals surface area contributed by atoms with Crippen molar-refractivity contribution in [3.05, 3.63) is 50.9 Å². The van der Waals surface area contributed by atoms with Crippen LogP contribution in [0.25, 0.3) is 16.9 Å². The van der Waals surface area contributed by atoms with Crippen LogP contribution < -0.4 is 16.6 Å². The van der Waals surface area contributed by atoms with Gasteiger partial charge in [0.2, 0.25) is 5.95 Å². The average Bonchev–Trinajstić information content (AvgIpc) is 2.75. The fraction of sp³-hybridized carbons (Fsp3) is 0.389. The van der Waals surface area contributed by atoms with Crippen molar-refractivity contribution in [3.8, 4) is 5.69 Å². The first kappa shape index (κ1) is 19.2. The summed E-state index contributed by atoms with van der Waals surface area (Å²) >= 11 is 0. The van der Waals surface area contributed by atoms with Gasteiger partial charge in [-0.25, -0.2) is 18.7 Å². The number of rotatable bonds is 5.